The maximum atomic E-state index is 14.5. The standard InChI is InChI=1S/C22H21FN2O2S/c1-15-5-4-6-17(11-15)14-25-21(26)20(28-22(25)27)13-16-7-8-19(18(23)12-16)24-9-2-3-10-24/h4-8,11-13H,2-3,9-10,14H2,1H3/b20-13-. The molecule has 0 unspecified atom stereocenters. The zero-order chi connectivity index (χ0) is 19.7. The van der Waals surface area contributed by atoms with Crippen LogP contribution < -0.4 is 4.90 Å². The number of imide groups is 1. The molecule has 2 aromatic carbocycles. The molecule has 4 rings (SSSR count). The highest BCUT2D eigenvalue weighted by molar-refractivity contribution is 8.18. The zero-order valence-electron chi connectivity index (χ0n) is 15.7. The fourth-order valence-corrected chi connectivity index (χ4v) is 4.45. The number of aryl methyl sites for hydroxylation is 1. The van der Waals surface area contributed by atoms with Crippen molar-refractivity contribution in [2.45, 2.75) is 26.3 Å². The van der Waals surface area contributed by atoms with Gasteiger partial charge in [-0.05, 0) is 60.9 Å². The Balaban J connectivity index is 1.53. The lowest BCUT2D eigenvalue weighted by Gasteiger charge is -2.18. The van der Waals surface area contributed by atoms with Crippen molar-refractivity contribution in [1.29, 1.82) is 0 Å². The van der Waals surface area contributed by atoms with E-state index in [1.807, 2.05) is 36.1 Å². The molecule has 2 aromatic rings. The summed E-state index contributed by atoms with van der Waals surface area (Å²) in [5, 5.41) is -0.299. The second-order valence-corrected chi connectivity index (χ2v) is 8.16. The van der Waals surface area contributed by atoms with Crippen molar-refractivity contribution in [3.8, 4) is 0 Å². The molecule has 2 heterocycles. The first-order valence-corrected chi connectivity index (χ1v) is 10.2. The lowest BCUT2D eigenvalue weighted by Crippen LogP contribution is -2.27. The van der Waals surface area contributed by atoms with Gasteiger partial charge in [0.05, 0.1) is 17.1 Å². The fourth-order valence-electron chi connectivity index (χ4n) is 3.61. The number of hydrogen-bond donors (Lipinski definition) is 0. The summed E-state index contributed by atoms with van der Waals surface area (Å²) < 4.78 is 14.5. The molecule has 28 heavy (non-hydrogen) atoms. The van der Waals surface area contributed by atoms with E-state index in [0.717, 1.165) is 48.8 Å². The molecule has 0 aromatic heterocycles. The van der Waals surface area contributed by atoms with Gasteiger partial charge in [-0.3, -0.25) is 14.5 Å². The van der Waals surface area contributed by atoms with Crippen LogP contribution in [-0.4, -0.2) is 29.1 Å². The molecule has 2 saturated heterocycles. The van der Waals surface area contributed by atoms with Crippen LogP contribution in [0.3, 0.4) is 0 Å². The molecule has 144 valence electrons. The van der Waals surface area contributed by atoms with E-state index < -0.39 is 0 Å². The molecule has 0 spiro atoms. The number of nitrogens with zero attached hydrogens (tertiary/aromatic N) is 2. The molecule has 6 heteroatoms. The van der Waals surface area contributed by atoms with Crippen molar-refractivity contribution in [2.24, 2.45) is 0 Å². The van der Waals surface area contributed by atoms with E-state index in [4.69, 9.17) is 0 Å². The van der Waals surface area contributed by atoms with Gasteiger partial charge in [0.2, 0.25) is 0 Å². The van der Waals surface area contributed by atoms with Crippen LogP contribution in [0.5, 0.6) is 0 Å². The summed E-state index contributed by atoms with van der Waals surface area (Å²) in [7, 11) is 0. The topological polar surface area (TPSA) is 40.6 Å². The Morgan fingerprint density at radius 3 is 2.61 bits per heavy atom. The van der Waals surface area contributed by atoms with Crippen LogP contribution in [0.2, 0.25) is 0 Å². The third kappa shape index (κ3) is 3.83. The van der Waals surface area contributed by atoms with Gasteiger partial charge in [-0.25, -0.2) is 4.39 Å². The molecule has 0 radical (unpaired) electrons. The quantitative estimate of drug-likeness (QED) is 0.684. The van der Waals surface area contributed by atoms with Crippen molar-refractivity contribution in [3.63, 3.8) is 0 Å². The number of amides is 2. The smallest absolute Gasteiger partial charge is 0.293 e. The maximum absolute atomic E-state index is 14.5. The highest BCUT2D eigenvalue weighted by Gasteiger charge is 2.35. The molecule has 0 aliphatic carbocycles. The highest BCUT2D eigenvalue weighted by atomic mass is 32.2. The van der Waals surface area contributed by atoms with Gasteiger partial charge in [0, 0.05) is 13.1 Å². The summed E-state index contributed by atoms with van der Waals surface area (Å²) in [5.41, 5.74) is 3.17. The molecule has 2 aliphatic heterocycles. The lowest BCUT2D eigenvalue weighted by molar-refractivity contribution is -0.123. The van der Waals surface area contributed by atoms with Crippen LogP contribution in [0.1, 0.15) is 29.5 Å². The summed E-state index contributed by atoms with van der Waals surface area (Å²) >= 11 is 0.901. The van der Waals surface area contributed by atoms with Crippen LogP contribution in [0.4, 0.5) is 14.9 Å². The molecule has 2 aliphatic rings. The average molecular weight is 396 g/mol. The molecule has 4 nitrogen and oxygen atoms in total. The first-order valence-electron chi connectivity index (χ1n) is 9.37. The second kappa shape index (κ2) is 7.80. The van der Waals surface area contributed by atoms with E-state index in [0.29, 0.717) is 16.2 Å². The first-order chi connectivity index (χ1) is 13.5. The van der Waals surface area contributed by atoms with E-state index in [9.17, 15) is 14.0 Å². The molecule has 0 saturated carbocycles. The predicted molar refractivity (Wildman–Crippen MR) is 111 cm³/mol. The number of rotatable bonds is 4. The Labute approximate surface area is 168 Å². The Bertz CT molecular complexity index is 967. The Kier molecular flexibility index (Phi) is 5.22. The Morgan fingerprint density at radius 1 is 1.11 bits per heavy atom. The summed E-state index contributed by atoms with van der Waals surface area (Å²) in [5.74, 6) is -0.629. The SMILES string of the molecule is Cc1cccc(CN2C(=O)S/C(=C\c3ccc(N4CCCC4)c(F)c3)C2=O)c1. The number of halogens is 1. The fraction of sp³-hybridized carbons (Fsp3) is 0.273. The van der Waals surface area contributed by atoms with Crippen molar-refractivity contribution < 1.29 is 14.0 Å². The molecular formula is C22H21FN2O2S. The van der Waals surface area contributed by atoms with Gasteiger partial charge in [-0.1, -0.05) is 35.9 Å². The van der Waals surface area contributed by atoms with Gasteiger partial charge in [-0.2, -0.15) is 0 Å². The van der Waals surface area contributed by atoms with Gasteiger partial charge in [-0.15, -0.1) is 0 Å². The maximum Gasteiger partial charge on any atom is 0.293 e. The van der Waals surface area contributed by atoms with Crippen molar-refractivity contribution in [3.05, 3.63) is 69.9 Å². The number of anilines is 1. The largest absolute Gasteiger partial charge is 0.369 e. The third-order valence-electron chi connectivity index (χ3n) is 5.01. The van der Waals surface area contributed by atoms with Crippen molar-refractivity contribution in [1.82, 2.24) is 4.90 Å². The summed E-state index contributed by atoms with van der Waals surface area (Å²) in [6, 6.07) is 12.7. The van der Waals surface area contributed by atoms with E-state index in [-0.39, 0.29) is 23.5 Å². The van der Waals surface area contributed by atoms with Gasteiger partial charge in [0.25, 0.3) is 11.1 Å². The predicted octanol–water partition coefficient (Wildman–Crippen LogP) is 4.97. The normalized spacial score (nSPS) is 18.6. The summed E-state index contributed by atoms with van der Waals surface area (Å²) in [6.45, 7) is 3.95. The van der Waals surface area contributed by atoms with Crippen LogP contribution >= 0.6 is 11.8 Å². The van der Waals surface area contributed by atoms with Crippen LogP contribution in [0.25, 0.3) is 6.08 Å². The van der Waals surface area contributed by atoms with Gasteiger partial charge >= 0.3 is 0 Å². The second-order valence-electron chi connectivity index (χ2n) is 7.16. The average Bonchev–Trinajstić information content (AvgIpc) is 3.27. The lowest BCUT2D eigenvalue weighted by atomic mass is 10.1. The van der Waals surface area contributed by atoms with Crippen molar-refractivity contribution >= 4 is 34.7 Å². The highest BCUT2D eigenvalue weighted by Crippen LogP contribution is 2.34. The first kappa shape index (κ1) is 18.7. The number of carbonyl (C=O) groups is 2. The minimum Gasteiger partial charge on any atom is -0.369 e. The van der Waals surface area contributed by atoms with Crippen LogP contribution in [-0.2, 0) is 11.3 Å². The Hall–Kier alpha value is -2.60. The number of hydrogen-bond acceptors (Lipinski definition) is 4. The van der Waals surface area contributed by atoms with Crippen LogP contribution in [0, 0.1) is 12.7 Å². The monoisotopic (exact) mass is 396 g/mol. The minimum atomic E-state index is -0.333. The number of benzene rings is 2. The van der Waals surface area contributed by atoms with E-state index in [1.54, 1.807) is 18.2 Å². The molecule has 2 fully saturated rings. The molecule has 0 atom stereocenters. The van der Waals surface area contributed by atoms with Crippen molar-refractivity contribution in [2.75, 3.05) is 18.0 Å². The zero-order valence-corrected chi connectivity index (χ0v) is 16.5. The van der Waals surface area contributed by atoms with E-state index in [1.165, 1.54) is 11.0 Å². The summed E-state index contributed by atoms with van der Waals surface area (Å²) in [4.78, 5) is 28.6. The number of thioether (sulfide) groups is 1. The molecule has 0 bridgehead atoms. The Morgan fingerprint density at radius 2 is 1.89 bits per heavy atom. The minimum absolute atomic E-state index is 0.242. The summed E-state index contributed by atoms with van der Waals surface area (Å²) in [6.07, 6.45) is 3.75. The van der Waals surface area contributed by atoms with Gasteiger partial charge in [0.1, 0.15) is 5.82 Å². The van der Waals surface area contributed by atoms with E-state index >= 15 is 0 Å². The molecule has 2 amide bonds. The van der Waals surface area contributed by atoms with E-state index in [2.05, 4.69) is 0 Å². The van der Waals surface area contributed by atoms with Crippen LogP contribution in [0.15, 0.2) is 47.4 Å². The number of carbonyl (C=O) groups excluding carboxylic acids is 2. The van der Waals surface area contributed by atoms with Gasteiger partial charge in [0.15, 0.2) is 0 Å². The van der Waals surface area contributed by atoms with Gasteiger partial charge < -0.3 is 4.90 Å². The third-order valence-corrected chi connectivity index (χ3v) is 5.92. The molecule has 0 N–H and O–H groups in total. The molecular weight excluding hydrogens is 375 g/mol.